The van der Waals surface area contributed by atoms with Crippen LogP contribution >= 0.6 is 0 Å². The molecule has 2 aromatic carbocycles. The van der Waals surface area contributed by atoms with Crippen LogP contribution in [0.3, 0.4) is 0 Å². The summed E-state index contributed by atoms with van der Waals surface area (Å²) >= 11 is 0. The first-order valence-electron chi connectivity index (χ1n) is 9.85. The van der Waals surface area contributed by atoms with Gasteiger partial charge in [-0.1, -0.05) is 36.4 Å². The Kier molecular flexibility index (Phi) is 5.98. The van der Waals surface area contributed by atoms with Crippen LogP contribution in [0.5, 0.6) is 0 Å². The predicted molar refractivity (Wildman–Crippen MR) is 116 cm³/mol. The van der Waals surface area contributed by atoms with Gasteiger partial charge in [0.25, 0.3) is 0 Å². The number of rotatable bonds is 6. The molecule has 0 unspecified atom stereocenters. The van der Waals surface area contributed by atoms with Crippen molar-refractivity contribution in [2.24, 2.45) is 0 Å². The molecule has 2 aromatic heterocycles. The van der Waals surface area contributed by atoms with E-state index in [0.717, 1.165) is 28.6 Å². The first-order valence-corrected chi connectivity index (χ1v) is 9.85. The van der Waals surface area contributed by atoms with Gasteiger partial charge in [0.1, 0.15) is 0 Å². The lowest BCUT2D eigenvalue weighted by Crippen LogP contribution is -2.21. The normalized spacial score (nSPS) is 11.3. The maximum Gasteiger partial charge on any atom is 0.416 e. The summed E-state index contributed by atoms with van der Waals surface area (Å²) in [4.78, 5) is 10.4. The second-order valence-electron chi connectivity index (χ2n) is 7.06. The van der Waals surface area contributed by atoms with E-state index >= 15 is 0 Å². The van der Waals surface area contributed by atoms with Crippen molar-refractivity contribution in [3.8, 4) is 11.1 Å². The highest BCUT2D eigenvalue weighted by molar-refractivity contribution is 5.68. The zero-order valence-corrected chi connectivity index (χ0v) is 16.6. The van der Waals surface area contributed by atoms with Crippen LogP contribution in [0, 0.1) is 0 Å². The zero-order chi connectivity index (χ0) is 21.7. The van der Waals surface area contributed by atoms with Crippen LogP contribution in [0.4, 0.5) is 24.5 Å². The van der Waals surface area contributed by atoms with Crippen molar-refractivity contribution in [1.82, 2.24) is 9.97 Å². The SMILES string of the molecule is FC(F)(F)c1ccc(-c2ccccc2)c(CCN(c2cccnc2)c2cccnc2)c1. The summed E-state index contributed by atoms with van der Waals surface area (Å²) in [6.45, 7) is 0.471. The number of hydrogen-bond acceptors (Lipinski definition) is 3. The number of aromatic nitrogens is 2. The number of halogens is 3. The third-order valence-electron chi connectivity index (χ3n) is 5.04. The van der Waals surface area contributed by atoms with Gasteiger partial charge in [-0.2, -0.15) is 13.2 Å². The molecular formula is C25H20F3N3. The maximum atomic E-state index is 13.4. The first kappa shape index (κ1) is 20.6. The average Bonchev–Trinajstić information content (AvgIpc) is 2.80. The molecule has 0 radical (unpaired) electrons. The quantitative estimate of drug-likeness (QED) is 0.355. The van der Waals surface area contributed by atoms with Gasteiger partial charge in [0, 0.05) is 18.9 Å². The Balaban J connectivity index is 1.71. The summed E-state index contributed by atoms with van der Waals surface area (Å²) < 4.78 is 40.2. The monoisotopic (exact) mass is 419 g/mol. The maximum absolute atomic E-state index is 13.4. The van der Waals surface area contributed by atoms with E-state index in [2.05, 4.69) is 9.97 Å². The molecule has 156 valence electrons. The Hall–Kier alpha value is -3.67. The van der Waals surface area contributed by atoms with Crippen molar-refractivity contribution in [1.29, 1.82) is 0 Å². The van der Waals surface area contributed by atoms with E-state index in [4.69, 9.17) is 0 Å². The number of nitrogens with zero attached hydrogens (tertiary/aromatic N) is 3. The molecule has 4 rings (SSSR count). The fourth-order valence-electron chi connectivity index (χ4n) is 3.54. The highest BCUT2D eigenvalue weighted by Gasteiger charge is 2.31. The van der Waals surface area contributed by atoms with Crippen molar-refractivity contribution in [2.45, 2.75) is 12.6 Å². The van der Waals surface area contributed by atoms with Crippen LogP contribution in [-0.4, -0.2) is 16.5 Å². The molecule has 0 atom stereocenters. The van der Waals surface area contributed by atoms with Gasteiger partial charge >= 0.3 is 6.18 Å². The fraction of sp³-hybridized carbons (Fsp3) is 0.120. The predicted octanol–water partition coefficient (Wildman–Crippen LogP) is 6.54. The average molecular weight is 419 g/mol. The van der Waals surface area contributed by atoms with Crippen molar-refractivity contribution >= 4 is 11.4 Å². The van der Waals surface area contributed by atoms with Gasteiger partial charge in [-0.3, -0.25) is 9.97 Å². The van der Waals surface area contributed by atoms with Gasteiger partial charge in [0.2, 0.25) is 0 Å². The molecule has 0 fully saturated rings. The largest absolute Gasteiger partial charge is 0.416 e. The lowest BCUT2D eigenvalue weighted by Gasteiger charge is -2.25. The van der Waals surface area contributed by atoms with E-state index in [0.29, 0.717) is 18.5 Å². The Labute approximate surface area is 178 Å². The van der Waals surface area contributed by atoms with Crippen LogP contribution in [0.1, 0.15) is 11.1 Å². The zero-order valence-electron chi connectivity index (χ0n) is 16.6. The number of alkyl halides is 3. The molecule has 0 saturated carbocycles. The highest BCUT2D eigenvalue weighted by Crippen LogP contribution is 2.34. The van der Waals surface area contributed by atoms with Crippen LogP contribution < -0.4 is 4.90 Å². The van der Waals surface area contributed by atoms with E-state index in [-0.39, 0.29) is 0 Å². The van der Waals surface area contributed by atoms with Gasteiger partial charge in [-0.15, -0.1) is 0 Å². The standard InChI is InChI=1S/C25H20F3N3/c26-25(27,28)21-10-11-24(19-6-2-1-3-7-19)20(16-21)12-15-31(22-8-4-13-29-17-22)23-9-5-14-30-18-23/h1-11,13-14,16-18H,12,15H2. The van der Waals surface area contributed by atoms with Gasteiger partial charge in [-0.05, 0) is 59.5 Å². The molecule has 0 bridgehead atoms. The Bertz CT molecular complexity index is 1080. The van der Waals surface area contributed by atoms with Crippen LogP contribution in [0.15, 0.2) is 97.6 Å². The summed E-state index contributed by atoms with van der Waals surface area (Å²) in [5.41, 5.74) is 3.38. The number of anilines is 2. The Morgan fingerprint density at radius 3 is 1.94 bits per heavy atom. The van der Waals surface area contributed by atoms with Crippen LogP contribution in [0.25, 0.3) is 11.1 Å². The second kappa shape index (κ2) is 9.00. The van der Waals surface area contributed by atoms with E-state index in [9.17, 15) is 13.2 Å². The molecule has 2 heterocycles. The number of pyridine rings is 2. The van der Waals surface area contributed by atoms with E-state index in [1.54, 1.807) is 30.9 Å². The molecule has 0 saturated heterocycles. The molecule has 0 spiro atoms. The summed E-state index contributed by atoms with van der Waals surface area (Å²) in [5.74, 6) is 0. The molecule has 0 aliphatic heterocycles. The molecule has 31 heavy (non-hydrogen) atoms. The van der Waals surface area contributed by atoms with Gasteiger partial charge < -0.3 is 4.90 Å². The second-order valence-corrected chi connectivity index (χ2v) is 7.06. The van der Waals surface area contributed by atoms with Crippen molar-refractivity contribution in [2.75, 3.05) is 11.4 Å². The molecule has 0 aliphatic carbocycles. The smallest absolute Gasteiger partial charge is 0.339 e. The molecule has 4 aromatic rings. The van der Waals surface area contributed by atoms with Gasteiger partial charge in [-0.25, -0.2) is 0 Å². The third kappa shape index (κ3) is 4.91. The van der Waals surface area contributed by atoms with Crippen LogP contribution in [-0.2, 0) is 12.6 Å². The molecule has 3 nitrogen and oxygen atoms in total. The summed E-state index contributed by atoms with van der Waals surface area (Å²) in [5, 5.41) is 0. The van der Waals surface area contributed by atoms with Crippen molar-refractivity contribution in [3.63, 3.8) is 0 Å². The summed E-state index contributed by atoms with van der Waals surface area (Å²) in [6, 6.07) is 20.9. The minimum absolute atomic E-state index is 0.415. The third-order valence-corrected chi connectivity index (χ3v) is 5.04. The van der Waals surface area contributed by atoms with Crippen molar-refractivity contribution in [3.05, 3.63) is 109 Å². The Morgan fingerprint density at radius 1 is 0.742 bits per heavy atom. The highest BCUT2D eigenvalue weighted by atomic mass is 19.4. The van der Waals surface area contributed by atoms with Crippen LogP contribution in [0.2, 0.25) is 0 Å². The molecule has 0 N–H and O–H groups in total. The van der Waals surface area contributed by atoms with Gasteiger partial charge in [0.05, 0.1) is 29.3 Å². The summed E-state index contributed by atoms with van der Waals surface area (Å²) in [6.07, 6.45) is 2.86. The van der Waals surface area contributed by atoms with E-state index < -0.39 is 11.7 Å². The molecule has 0 aliphatic rings. The minimum atomic E-state index is -4.39. The number of hydrogen-bond donors (Lipinski definition) is 0. The van der Waals surface area contributed by atoms with E-state index in [1.807, 2.05) is 59.5 Å². The minimum Gasteiger partial charge on any atom is -0.339 e. The lowest BCUT2D eigenvalue weighted by molar-refractivity contribution is -0.137. The number of benzene rings is 2. The Morgan fingerprint density at radius 2 is 1.39 bits per heavy atom. The summed E-state index contributed by atoms with van der Waals surface area (Å²) in [7, 11) is 0. The topological polar surface area (TPSA) is 29.0 Å². The fourth-order valence-corrected chi connectivity index (χ4v) is 3.54. The molecular weight excluding hydrogens is 399 g/mol. The molecule has 0 amide bonds. The molecule has 6 heteroatoms. The van der Waals surface area contributed by atoms with E-state index in [1.165, 1.54) is 6.07 Å². The van der Waals surface area contributed by atoms with Gasteiger partial charge in [0.15, 0.2) is 0 Å². The van der Waals surface area contributed by atoms with Crippen molar-refractivity contribution < 1.29 is 13.2 Å². The first-order chi connectivity index (χ1) is 15.0. The lowest BCUT2D eigenvalue weighted by atomic mass is 9.95.